The Kier molecular flexibility index (Phi) is 7.11. The van der Waals surface area contributed by atoms with Crippen molar-refractivity contribution in [3.05, 3.63) is 55.5 Å². The van der Waals surface area contributed by atoms with Gasteiger partial charge in [0, 0.05) is 34.6 Å². The van der Waals surface area contributed by atoms with Crippen LogP contribution in [-0.4, -0.2) is 51.1 Å². The Morgan fingerprint density at radius 1 is 0.742 bits per heavy atom. The highest BCUT2D eigenvalue weighted by Crippen LogP contribution is 2.31. The van der Waals surface area contributed by atoms with Crippen LogP contribution in [0.1, 0.15) is 29.2 Å². The van der Waals surface area contributed by atoms with Crippen molar-refractivity contribution in [1.29, 1.82) is 0 Å². The highest BCUT2D eigenvalue weighted by molar-refractivity contribution is 9.10. The Labute approximate surface area is 202 Å². The number of hydrogen-bond donors (Lipinski definition) is 0. The van der Waals surface area contributed by atoms with Crippen LogP contribution in [0.25, 0.3) is 0 Å². The lowest BCUT2D eigenvalue weighted by Crippen LogP contribution is -2.55. The quantitative estimate of drug-likeness (QED) is 0.522. The minimum Gasteiger partial charge on any atom is -0.207 e. The Morgan fingerprint density at radius 3 is 1.65 bits per heavy atom. The predicted molar refractivity (Wildman–Crippen MR) is 129 cm³/mol. The number of halogens is 2. The molecule has 0 N–H and O–H groups in total. The lowest BCUT2D eigenvalue weighted by atomic mass is 10.2. The lowest BCUT2D eigenvalue weighted by Gasteiger charge is -2.38. The molecule has 31 heavy (non-hydrogen) atoms. The van der Waals surface area contributed by atoms with Gasteiger partial charge in [-0.1, -0.05) is 31.9 Å². The van der Waals surface area contributed by atoms with Crippen LogP contribution < -0.4 is 0 Å². The van der Waals surface area contributed by atoms with Gasteiger partial charge in [0.05, 0.1) is 9.79 Å². The Bertz CT molecular complexity index is 1240. The molecule has 0 amide bonds. The van der Waals surface area contributed by atoms with Gasteiger partial charge in [0.1, 0.15) is 0 Å². The number of nitrogens with zero attached hydrogens (tertiary/aromatic N) is 2. The summed E-state index contributed by atoms with van der Waals surface area (Å²) < 4.78 is 57.9. The molecule has 0 aliphatic carbocycles. The molecule has 0 aromatic heterocycles. The fourth-order valence-electron chi connectivity index (χ4n) is 3.81. The largest absolute Gasteiger partial charge is 0.243 e. The van der Waals surface area contributed by atoms with Crippen molar-refractivity contribution < 1.29 is 16.8 Å². The molecule has 1 aliphatic rings. The molecule has 2 aromatic rings. The van der Waals surface area contributed by atoms with Gasteiger partial charge >= 0.3 is 0 Å². The van der Waals surface area contributed by atoms with Crippen molar-refractivity contribution in [1.82, 2.24) is 8.61 Å². The van der Waals surface area contributed by atoms with Crippen molar-refractivity contribution in [2.45, 2.75) is 50.5 Å². The molecule has 170 valence electrons. The summed E-state index contributed by atoms with van der Waals surface area (Å²) in [5.74, 6) is 0. The van der Waals surface area contributed by atoms with Crippen molar-refractivity contribution in [2.24, 2.45) is 0 Å². The molecule has 2 aromatic carbocycles. The molecule has 0 bridgehead atoms. The van der Waals surface area contributed by atoms with E-state index in [1.165, 1.54) is 8.61 Å². The zero-order valence-electron chi connectivity index (χ0n) is 18.1. The number of sulfonamides is 2. The number of aryl methyl sites for hydroxylation is 4. The third-order valence-corrected chi connectivity index (χ3v) is 11.5. The molecule has 6 nitrogen and oxygen atoms in total. The molecule has 1 heterocycles. The predicted octanol–water partition coefficient (Wildman–Crippen LogP) is 4.53. The van der Waals surface area contributed by atoms with Gasteiger partial charge in [0.25, 0.3) is 0 Å². The molecule has 1 saturated heterocycles. The zero-order valence-corrected chi connectivity index (χ0v) is 22.9. The van der Waals surface area contributed by atoms with Crippen molar-refractivity contribution in [2.75, 3.05) is 19.6 Å². The van der Waals surface area contributed by atoms with E-state index in [9.17, 15) is 16.8 Å². The molecule has 3 rings (SSSR count). The monoisotopic (exact) mass is 592 g/mol. The number of hydrogen-bond acceptors (Lipinski definition) is 4. The summed E-state index contributed by atoms with van der Waals surface area (Å²) in [6.45, 7) is 9.28. The highest BCUT2D eigenvalue weighted by atomic mass is 79.9. The molecular weight excluding hydrogens is 568 g/mol. The third kappa shape index (κ3) is 4.65. The summed E-state index contributed by atoms with van der Waals surface area (Å²) in [6.07, 6.45) is 0. The first kappa shape index (κ1) is 24.9. The number of piperazine rings is 1. The van der Waals surface area contributed by atoms with E-state index in [0.717, 1.165) is 20.1 Å². The number of rotatable bonds is 4. The maximum atomic E-state index is 13.4. The zero-order chi connectivity index (χ0) is 23.3. The minimum absolute atomic E-state index is 0.102. The van der Waals surface area contributed by atoms with Crippen LogP contribution in [0.2, 0.25) is 0 Å². The van der Waals surface area contributed by atoms with Crippen molar-refractivity contribution in [3.8, 4) is 0 Å². The molecular formula is C21H26Br2N2O4S2. The van der Waals surface area contributed by atoms with Gasteiger partial charge in [-0.25, -0.2) is 16.8 Å². The molecule has 1 atom stereocenters. The van der Waals surface area contributed by atoms with Crippen LogP contribution in [0.3, 0.4) is 0 Å². The van der Waals surface area contributed by atoms with Crippen molar-refractivity contribution in [3.63, 3.8) is 0 Å². The summed E-state index contributed by atoms with van der Waals surface area (Å²) in [5.41, 5.74) is 2.97. The van der Waals surface area contributed by atoms with E-state index in [-0.39, 0.29) is 29.4 Å². The van der Waals surface area contributed by atoms with Gasteiger partial charge in [-0.05, 0) is 81.1 Å². The lowest BCUT2D eigenvalue weighted by molar-refractivity contribution is 0.212. The highest BCUT2D eigenvalue weighted by Gasteiger charge is 2.39. The smallest absolute Gasteiger partial charge is 0.207 e. The van der Waals surface area contributed by atoms with E-state index in [2.05, 4.69) is 31.9 Å². The average molecular weight is 594 g/mol. The summed E-state index contributed by atoms with van der Waals surface area (Å²) >= 11 is 6.87. The topological polar surface area (TPSA) is 74.8 Å². The fraction of sp³-hybridized carbons (Fsp3) is 0.429. The molecule has 0 saturated carbocycles. The van der Waals surface area contributed by atoms with Crippen LogP contribution in [0, 0.1) is 27.7 Å². The summed E-state index contributed by atoms with van der Waals surface area (Å²) in [7, 11) is -7.48. The molecule has 1 aliphatic heterocycles. The van der Waals surface area contributed by atoms with Gasteiger partial charge < -0.3 is 0 Å². The minimum atomic E-state index is -3.75. The SMILES string of the molecule is Cc1cc(S(=O)(=O)N2CCN(S(=O)(=O)c3cc(C)c(Br)cc3C)C(C)C2)c(C)cc1Br. The van der Waals surface area contributed by atoms with Gasteiger partial charge in [-0.15, -0.1) is 0 Å². The second-order valence-corrected chi connectivity index (χ2v) is 13.5. The average Bonchev–Trinajstić information content (AvgIpc) is 2.66. The Balaban J connectivity index is 1.90. The van der Waals surface area contributed by atoms with Crippen LogP contribution >= 0.6 is 31.9 Å². The van der Waals surface area contributed by atoms with Crippen LogP contribution in [0.4, 0.5) is 0 Å². The summed E-state index contributed by atoms with van der Waals surface area (Å²) in [6, 6.07) is 6.43. The second kappa shape index (κ2) is 8.87. The first-order valence-electron chi connectivity index (χ1n) is 9.82. The summed E-state index contributed by atoms with van der Waals surface area (Å²) in [4.78, 5) is 0.520. The molecule has 10 heteroatoms. The summed E-state index contributed by atoms with van der Waals surface area (Å²) in [5, 5.41) is 0. The molecule has 1 unspecified atom stereocenters. The van der Waals surface area contributed by atoms with Crippen molar-refractivity contribution >= 4 is 51.9 Å². The first-order valence-corrected chi connectivity index (χ1v) is 14.3. The third-order valence-electron chi connectivity index (χ3n) is 5.65. The van der Waals surface area contributed by atoms with Crippen LogP contribution in [0.15, 0.2) is 43.0 Å². The second-order valence-electron chi connectivity index (χ2n) is 8.06. The van der Waals surface area contributed by atoms with E-state index in [0.29, 0.717) is 11.1 Å². The maximum Gasteiger partial charge on any atom is 0.243 e. The standard InChI is InChI=1S/C21H26Br2N2O4S2/c1-13-10-20(15(3)8-18(13)22)30(26,27)24-6-7-25(17(5)12-24)31(28,29)21-11-14(2)19(23)9-16(21)4/h8-11,17H,6-7,12H2,1-5H3. The van der Waals surface area contributed by atoms with E-state index >= 15 is 0 Å². The van der Waals surface area contributed by atoms with Gasteiger partial charge in [-0.3, -0.25) is 0 Å². The van der Waals surface area contributed by atoms with E-state index in [1.807, 2.05) is 13.8 Å². The van der Waals surface area contributed by atoms with Gasteiger partial charge in [0.15, 0.2) is 0 Å². The van der Waals surface area contributed by atoms with Crippen LogP contribution in [0.5, 0.6) is 0 Å². The van der Waals surface area contributed by atoms with E-state index in [4.69, 9.17) is 0 Å². The molecule has 1 fully saturated rings. The maximum absolute atomic E-state index is 13.4. The fourth-order valence-corrected chi connectivity index (χ4v) is 8.44. The van der Waals surface area contributed by atoms with E-state index < -0.39 is 26.1 Å². The molecule has 0 radical (unpaired) electrons. The number of benzene rings is 2. The molecule has 0 spiro atoms. The van der Waals surface area contributed by atoms with Gasteiger partial charge in [0.2, 0.25) is 20.0 Å². The first-order chi connectivity index (χ1) is 14.3. The van der Waals surface area contributed by atoms with Gasteiger partial charge in [-0.2, -0.15) is 8.61 Å². The normalized spacial score (nSPS) is 19.0. The Morgan fingerprint density at radius 2 is 1.19 bits per heavy atom. The van der Waals surface area contributed by atoms with E-state index in [1.54, 1.807) is 45.0 Å². The Hall–Kier alpha value is -0.780. The van der Waals surface area contributed by atoms with Crippen LogP contribution in [-0.2, 0) is 20.0 Å².